The highest BCUT2D eigenvalue weighted by Crippen LogP contribution is 2.22. The van der Waals surface area contributed by atoms with Crippen LogP contribution in [0.15, 0.2) is 36.0 Å². The molecule has 0 aliphatic carbocycles. The van der Waals surface area contributed by atoms with Gasteiger partial charge in [-0.15, -0.1) is 0 Å². The number of aromatic nitrogens is 2. The molecule has 114 valence electrons. The number of hydrogen-bond acceptors (Lipinski definition) is 8. The highest BCUT2D eigenvalue weighted by Gasteiger charge is 2.08. The number of hydrogen-bond donors (Lipinski definition) is 1. The van der Waals surface area contributed by atoms with Gasteiger partial charge in [0.05, 0.1) is 17.5 Å². The van der Waals surface area contributed by atoms with Crippen molar-refractivity contribution in [2.75, 3.05) is 24.3 Å². The lowest BCUT2D eigenvalue weighted by Crippen LogP contribution is -2.36. The first-order chi connectivity index (χ1) is 10.4. The van der Waals surface area contributed by atoms with E-state index in [0.29, 0.717) is 16.9 Å². The van der Waals surface area contributed by atoms with E-state index < -0.39 is 17.5 Å². The summed E-state index contributed by atoms with van der Waals surface area (Å²) < 4.78 is 0. The molecule has 0 aliphatic rings. The summed E-state index contributed by atoms with van der Waals surface area (Å²) in [5.74, 6) is -3.04. The number of carbonyl (C=O) groups excluding carboxylic acids is 2. The average Bonchev–Trinajstić information content (AvgIpc) is 2.46. The third kappa shape index (κ3) is 3.11. The van der Waals surface area contributed by atoms with Crippen molar-refractivity contribution >= 4 is 34.6 Å². The lowest BCUT2D eigenvalue weighted by Gasteiger charge is -2.14. The van der Waals surface area contributed by atoms with Crippen molar-refractivity contribution in [1.29, 1.82) is 0 Å². The van der Waals surface area contributed by atoms with Gasteiger partial charge in [0.2, 0.25) is 5.95 Å². The number of anilines is 2. The molecule has 1 heterocycles. The normalized spacial score (nSPS) is 10.1. The van der Waals surface area contributed by atoms with Crippen LogP contribution >= 0.6 is 0 Å². The Balaban J connectivity index is 2.52. The molecule has 0 unspecified atom stereocenters. The molecular weight excluding hydrogens is 288 g/mol. The molecule has 0 saturated heterocycles. The predicted octanol–water partition coefficient (Wildman–Crippen LogP) is -1.51. The first kappa shape index (κ1) is 15.2. The van der Waals surface area contributed by atoms with Crippen LogP contribution in [0.25, 0.3) is 10.9 Å². The zero-order valence-corrected chi connectivity index (χ0v) is 11.9. The minimum atomic E-state index is -1.85. The van der Waals surface area contributed by atoms with Crippen molar-refractivity contribution in [2.45, 2.75) is 0 Å². The fraction of sp³-hybridized carbons (Fsp3) is 0.143. The zero-order chi connectivity index (χ0) is 16.3. The van der Waals surface area contributed by atoms with Crippen LogP contribution in [0, 0.1) is 0 Å². The molecule has 22 heavy (non-hydrogen) atoms. The van der Waals surface area contributed by atoms with Crippen molar-refractivity contribution in [2.24, 2.45) is 0 Å². The second-order valence-electron chi connectivity index (χ2n) is 4.56. The molecular formula is C14H12N4O4-2. The Hall–Kier alpha value is -3.16. The van der Waals surface area contributed by atoms with E-state index in [1.807, 2.05) is 0 Å². The summed E-state index contributed by atoms with van der Waals surface area (Å²) in [4.78, 5) is 31.7. The van der Waals surface area contributed by atoms with Crippen LogP contribution < -0.4 is 20.4 Å². The Morgan fingerprint density at radius 1 is 1.14 bits per heavy atom. The van der Waals surface area contributed by atoms with Crippen LogP contribution in [-0.2, 0) is 9.59 Å². The summed E-state index contributed by atoms with van der Waals surface area (Å²) >= 11 is 0. The predicted molar refractivity (Wildman–Crippen MR) is 75.6 cm³/mol. The van der Waals surface area contributed by atoms with E-state index in [4.69, 9.17) is 0 Å². The number of rotatable bonds is 5. The quantitative estimate of drug-likeness (QED) is 0.402. The van der Waals surface area contributed by atoms with Gasteiger partial charge in [-0.25, -0.2) is 4.98 Å². The summed E-state index contributed by atoms with van der Waals surface area (Å²) in [5, 5.41) is 24.6. The average molecular weight is 300 g/mol. The zero-order valence-electron chi connectivity index (χ0n) is 11.9. The van der Waals surface area contributed by atoms with Gasteiger partial charge in [-0.05, 0) is 12.1 Å². The van der Waals surface area contributed by atoms with E-state index in [-0.39, 0.29) is 5.82 Å². The Morgan fingerprint density at radius 2 is 1.77 bits per heavy atom. The summed E-state index contributed by atoms with van der Waals surface area (Å²) in [6, 6.07) is 7.04. The van der Waals surface area contributed by atoms with E-state index in [1.54, 1.807) is 43.3 Å². The fourth-order valence-corrected chi connectivity index (χ4v) is 1.72. The first-order valence-corrected chi connectivity index (χ1v) is 6.23. The van der Waals surface area contributed by atoms with Crippen LogP contribution in [0.3, 0.4) is 0 Å². The maximum atomic E-state index is 10.7. The van der Waals surface area contributed by atoms with Gasteiger partial charge in [-0.3, -0.25) is 0 Å². The maximum Gasteiger partial charge on any atom is 0.227 e. The Kier molecular flexibility index (Phi) is 4.21. The Labute approximate surface area is 125 Å². The van der Waals surface area contributed by atoms with Gasteiger partial charge in [-0.2, -0.15) is 4.98 Å². The third-order valence-corrected chi connectivity index (χ3v) is 2.78. The molecule has 1 aromatic heterocycles. The number of nitrogens with zero attached hydrogens (tertiary/aromatic N) is 3. The first-order valence-electron chi connectivity index (χ1n) is 6.23. The monoisotopic (exact) mass is 300 g/mol. The molecule has 8 nitrogen and oxygen atoms in total. The molecule has 0 bridgehead atoms. The minimum absolute atomic E-state index is 0.273. The fourth-order valence-electron chi connectivity index (χ4n) is 1.72. The second-order valence-corrected chi connectivity index (χ2v) is 4.56. The number of carbonyl (C=O) groups is 2. The summed E-state index contributed by atoms with van der Waals surface area (Å²) in [6.45, 7) is 0. The van der Waals surface area contributed by atoms with E-state index in [9.17, 15) is 19.8 Å². The van der Waals surface area contributed by atoms with Gasteiger partial charge in [-0.1, -0.05) is 12.1 Å². The Morgan fingerprint density at radius 3 is 2.36 bits per heavy atom. The van der Waals surface area contributed by atoms with Crippen LogP contribution in [-0.4, -0.2) is 36.0 Å². The highest BCUT2D eigenvalue weighted by atomic mass is 16.4. The van der Waals surface area contributed by atoms with Gasteiger partial charge in [0.1, 0.15) is 5.82 Å². The molecule has 2 aromatic rings. The summed E-state index contributed by atoms with van der Waals surface area (Å²) in [5.41, 5.74) is -0.380. The molecule has 8 heteroatoms. The van der Waals surface area contributed by atoms with Crippen molar-refractivity contribution in [1.82, 2.24) is 9.97 Å². The van der Waals surface area contributed by atoms with E-state index in [1.165, 1.54) is 0 Å². The van der Waals surface area contributed by atoms with Crippen molar-refractivity contribution in [3.63, 3.8) is 0 Å². The lowest BCUT2D eigenvalue weighted by molar-refractivity contribution is -0.312. The molecule has 1 aromatic carbocycles. The van der Waals surface area contributed by atoms with Crippen LogP contribution in [0.1, 0.15) is 0 Å². The molecule has 0 saturated carbocycles. The second kappa shape index (κ2) is 6.08. The number of para-hydroxylation sites is 1. The number of carboxylic acids is 2. The van der Waals surface area contributed by atoms with Crippen molar-refractivity contribution in [3.8, 4) is 0 Å². The van der Waals surface area contributed by atoms with E-state index in [0.717, 1.165) is 6.20 Å². The molecule has 2 rings (SSSR count). The molecule has 0 aliphatic heterocycles. The number of fused-ring (bicyclic) bond motifs is 1. The highest BCUT2D eigenvalue weighted by molar-refractivity contribution is 6.11. The lowest BCUT2D eigenvalue weighted by atomic mass is 10.2. The van der Waals surface area contributed by atoms with E-state index >= 15 is 0 Å². The smallest absolute Gasteiger partial charge is 0.227 e. The topological polar surface area (TPSA) is 121 Å². The molecule has 0 atom stereocenters. The maximum absolute atomic E-state index is 10.7. The number of carboxylic acid groups (broad SMARTS) is 2. The van der Waals surface area contributed by atoms with Crippen molar-refractivity contribution in [3.05, 3.63) is 36.0 Å². The number of nitrogens with one attached hydrogen (secondary N) is 1. The van der Waals surface area contributed by atoms with Crippen LogP contribution in [0.5, 0.6) is 0 Å². The third-order valence-electron chi connectivity index (χ3n) is 2.78. The summed E-state index contributed by atoms with van der Waals surface area (Å²) in [7, 11) is 3.50. The van der Waals surface area contributed by atoms with Crippen LogP contribution in [0.2, 0.25) is 0 Å². The molecule has 0 amide bonds. The van der Waals surface area contributed by atoms with E-state index in [2.05, 4.69) is 15.3 Å². The van der Waals surface area contributed by atoms with Crippen LogP contribution in [0.4, 0.5) is 11.8 Å². The Bertz CT molecular complexity index is 755. The largest absolute Gasteiger partial charge is 0.545 e. The van der Waals surface area contributed by atoms with Gasteiger partial charge < -0.3 is 30.0 Å². The van der Waals surface area contributed by atoms with Crippen molar-refractivity contribution < 1.29 is 19.8 Å². The van der Waals surface area contributed by atoms with Gasteiger partial charge in [0, 0.05) is 31.3 Å². The molecule has 0 fully saturated rings. The number of aliphatic carboxylic acids is 2. The molecule has 0 radical (unpaired) electrons. The van der Waals surface area contributed by atoms with Gasteiger partial charge >= 0.3 is 0 Å². The SMILES string of the molecule is CN(C)c1nc(NC=C(C(=O)[O-])C(=O)[O-])c2ccccc2n1. The minimum Gasteiger partial charge on any atom is -0.545 e. The number of benzene rings is 1. The summed E-state index contributed by atoms with van der Waals surface area (Å²) in [6.07, 6.45) is 0.777. The standard InChI is InChI=1S/C14H14N4O4/c1-18(2)14-16-10-6-4-3-5-8(10)11(17-14)15-7-9(12(19)20)13(21)22/h3-7H,1-2H3,(H,19,20)(H,21,22)(H,15,16,17)/p-2. The molecule has 1 N–H and O–H groups in total. The molecule has 0 spiro atoms. The van der Waals surface area contributed by atoms with Gasteiger partial charge in [0.15, 0.2) is 0 Å². The van der Waals surface area contributed by atoms with Gasteiger partial charge in [0.25, 0.3) is 0 Å².